The van der Waals surface area contributed by atoms with E-state index in [1.165, 1.54) is 44.2 Å². The van der Waals surface area contributed by atoms with Crippen LogP contribution >= 0.6 is 0 Å². The Bertz CT molecular complexity index is 767. The number of nitrogens with zero attached hydrogens (tertiary/aromatic N) is 3. The molecule has 0 radical (unpaired) electrons. The van der Waals surface area contributed by atoms with Gasteiger partial charge in [0.2, 0.25) is 5.95 Å². The highest BCUT2D eigenvalue weighted by Gasteiger charge is 2.16. The van der Waals surface area contributed by atoms with Crippen molar-refractivity contribution in [3.63, 3.8) is 0 Å². The summed E-state index contributed by atoms with van der Waals surface area (Å²) >= 11 is 0. The molecule has 2 N–H and O–H groups in total. The maximum Gasteiger partial charge on any atom is 0.225 e. The fraction of sp³-hybridized carbons (Fsp3) is 0.545. The van der Waals surface area contributed by atoms with Crippen molar-refractivity contribution in [2.24, 2.45) is 0 Å². The van der Waals surface area contributed by atoms with Gasteiger partial charge in [0, 0.05) is 30.9 Å². The van der Waals surface area contributed by atoms with Gasteiger partial charge in [-0.3, -0.25) is 0 Å². The Hall–Kier alpha value is -2.34. The molecule has 1 saturated heterocycles. The Balaban J connectivity index is 1.51. The zero-order valence-electron chi connectivity index (χ0n) is 16.8. The van der Waals surface area contributed by atoms with E-state index in [1.807, 2.05) is 13.0 Å². The van der Waals surface area contributed by atoms with Crippen LogP contribution in [0.3, 0.4) is 0 Å². The first kappa shape index (κ1) is 19.0. The Labute approximate surface area is 167 Å². The van der Waals surface area contributed by atoms with Crippen LogP contribution in [-0.4, -0.2) is 42.3 Å². The summed E-state index contributed by atoms with van der Waals surface area (Å²) in [5.74, 6) is 1.57. The summed E-state index contributed by atoms with van der Waals surface area (Å²) in [4.78, 5) is 11.8. The SMILES string of the molecule is Cc1cc(Nc2ccccc2N2CCOCC2)nc(NC2CCCCCC2)n1. The first-order valence-electron chi connectivity index (χ1n) is 10.6. The van der Waals surface area contributed by atoms with Gasteiger partial charge in [-0.25, -0.2) is 4.98 Å². The van der Waals surface area contributed by atoms with E-state index in [-0.39, 0.29) is 0 Å². The number of para-hydroxylation sites is 2. The number of anilines is 4. The minimum atomic E-state index is 0.484. The Morgan fingerprint density at radius 2 is 1.75 bits per heavy atom. The number of nitrogens with one attached hydrogen (secondary N) is 2. The number of hydrogen-bond acceptors (Lipinski definition) is 6. The fourth-order valence-corrected chi connectivity index (χ4v) is 4.10. The van der Waals surface area contributed by atoms with E-state index in [2.05, 4.69) is 44.8 Å². The Morgan fingerprint density at radius 3 is 2.54 bits per heavy atom. The van der Waals surface area contributed by atoms with E-state index in [0.717, 1.165) is 49.5 Å². The average molecular weight is 382 g/mol. The molecule has 0 bridgehead atoms. The fourth-order valence-electron chi connectivity index (χ4n) is 4.10. The monoisotopic (exact) mass is 381 g/mol. The van der Waals surface area contributed by atoms with Gasteiger partial charge in [-0.15, -0.1) is 0 Å². The van der Waals surface area contributed by atoms with E-state index in [0.29, 0.717) is 6.04 Å². The van der Waals surface area contributed by atoms with Crippen LogP contribution in [0, 0.1) is 6.92 Å². The van der Waals surface area contributed by atoms with Crippen LogP contribution in [0.1, 0.15) is 44.2 Å². The molecular formula is C22H31N5O. The highest BCUT2D eigenvalue weighted by molar-refractivity contribution is 5.74. The number of morpholine rings is 1. The Kier molecular flexibility index (Phi) is 6.27. The lowest BCUT2D eigenvalue weighted by Crippen LogP contribution is -2.36. The zero-order valence-corrected chi connectivity index (χ0v) is 16.8. The summed E-state index contributed by atoms with van der Waals surface area (Å²) in [5.41, 5.74) is 3.24. The maximum atomic E-state index is 5.50. The smallest absolute Gasteiger partial charge is 0.225 e. The number of hydrogen-bond donors (Lipinski definition) is 2. The summed E-state index contributed by atoms with van der Waals surface area (Å²) in [6.45, 7) is 5.40. The summed E-state index contributed by atoms with van der Waals surface area (Å²) in [5, 5.41) is 7.10. The zero-order chi connectivity index (χ0) is 19.2. The lowest BCUT2D eigenvalue weighted by atomic mass is 10.1. The lowest BCUT2D eigenvalue weighted by molar-refractivity contribution is 0.123. The molecule has 1 saturated carbocycles. The van der Waals surface area contributed by atoms with E-state index < -0.39 is 0 Å². The molecule has 1 aromatic carbocycles. The first-order valence-corrected chi connectivity index (χ1v) is 10.6. The van der Waals surface area contributed by atoms with Gasteiger partial charge >= 0.3 is 0 Å². The highest BCUT2D eigenvalue weighted by atomic mass is 16.5. The summed E-state index contributed by atoms with van der Waals surface area (Å²) in [7, 11) is 0. The Morgan fingerprint density at radius 1 is 1.00 bits per heavy atom. The molecule has 1 aliphatic carbocycles. The van der Waals surface area contributed by atoms with Crippen LogP contribution in [0.2, 0.25) is 0 Å². The van der Waals surface area contributed by atoms with Crippen molar-refractivity contribution in [2.45, 2.75) is 51.5 Å². The van der Waals surface area contributed by atoms with Gasteiger partial charge in [-0.05, 0) is 31.9 Å². The number of aryl methyl sites for hydroxylation is 1. The molecule has 2 aromatic rings. The summed E-state index contributed by atoms with van der Waals surface area (Å²) < 4.78 is 5.50. The second kappa shape index (κ2) is 9.24. The minimum absolute atomic E-state index is 0.484. The number of benzene rings is 1. The van der Waals surface area contributed by atoms with Crippen molar-refractivity contribution in [2.75, 3.05) is 41.8 Å². The number of aromatic nitrogens is 2. The predicted molar refractivity (Wildman–Crippen MR) is 115 cm³/mol. The van der Waals surface area contributed by atoms with Gasteiger partial charge in [-0.2, -0.15) is 4.98 Å². The molecule has 4 rings (SSSR count). The molecule has 2 fully saturated rings. The molecule has 0 spiro atoms. The molecular weight excluding hydrogens is 350 g/mol. The largest absolute Gasteiger partial charge is 0.378 e. The molecule has 6 nitrogen and oxygen atoms in total. The molecule has 1 aromatic heterocycles. The molecule has 1 aliphatic heterocycles. The van der Waals surface area contributed by atoms with Crippen molar-refractivity contribution >= 4 is 23.1 Å². The predicted octanol–water partition coefficient (Wildman–Crippen LogP) is 4.50. The molecule has 2 aliphatic rings. The minimum Gasteiger partial charge on any atom is -0.378 e. The van der Waals surface area contributed by atoms with Gasteiger partial charge in [-0.1, -0.05) is 37.8 Å². The van der Waals surface area contributed by atoms with Crippen LogP contribution in [0.15, 0.2) is 30.3 Å². The van der Waals surface area contributed by atoms with Crippen LogP contribution in [0.4, 0.5) is 23.1 Å². The molecule has 28 heavy (non-hydrogen) atoms. The van der Waals surface area contributed by atoms with Crippen LogP contribution in [0.25, 0.3) is 0 Å². The molecule has 0 unspecified atom stereocenters. The number of rotatable bonds is 5. The van der Waals surface area contributed by atoms with Gasteiger partial charge in [0.25, 0.3) is 0 Å². The third-order valence-corrected chi connectivity index (χ3v) is 5.56. The van der Waals surface area contributed by atoms with E-state index in [1.54, 1.807) is 0 Å². The van der Waals surface area contributed by atoms with E-state index in [4.69, 9.17) is 9.72 Å². The second-order valence-corrected chi connectivity index (χ2v) is 7.79. The third-order valence-electron chi connectivity index (χ3n) is 5.56. The first-order chi connectivity index (χ1) is 13.8. The normalized spacial score (nSPS) is 18.5. The van der Waals surface area contributed by atoms with Crippen LogP contribution < -0.4 is 15.5 Å². The molecule has 2 heterocycles. The third kappa shape index (κ3) is 4.93. The quantitative estimate of drug-likeness (QED) is 0.744. The molecule has 0 amide bonds. The highest BCUT2D eigenvalue weighted by Crippen LogP contribution is 2.29. The van der Waals surface area contributed by atoms with Gasteiger partial charge in [0.15, 0.2) is 0 Å². The standard InChI is InChI=1S/C22H31N5O/c1-17-16-21(26-22(23-17)24-18-8-4-2-3-5-9-18)25-19-10-6-7-11-20(19)27-12-14-28-15-13-27/h6-7,10-11,16,18H,2-5,8-9,12-15H2,1H3,(H2,23,24,25,26). The maximum absolute atomic E-state index is 5.50. The van der Waals surface area contributed by atoms with Crippen molar-refractivity contribution < 1.29 is 4.74 Å². The van der Waals surface area contributed by atoms with Crippen LogP contribution in [0.5, 0.6) is 0 Å². The van der Waals surface area contributed by atoms with Crippen molar-refractivity contribution in [3.05, 3.63) is 36.0 Å². The van der Waals surface area contributed by atoms with Crippen molar-refractivity contribution in [1.82, 2.24) is 9.97 Å². The van der Waals surface area contributed by atoms with E-state index >= 15 is 0 Å². The van der Waals surface area contributed by atoms with Gasteiger partial charge in [0.05, 0.1) is 24.6 Å². The lowest BCUT2D eigenvalue weighted by Gasteiger charge is -2.30. The molecule has 150 valence electrons. The topological polar surface area (TPSA) is 62.3 Å². The van der Waals surface area contributed by atoms with Crippen molar-refractivity contribution in [3.8, 4) is 0 Å². The second-order valence-electron chi connectivity index (χ2n) is 7.79. The molecule has 0 atom stereocenters. The average Bonchev–Trinajstić information content (AvgIpc) is 2.97. The number of ether oxygens (including phenoxy) is 1. The summed E-state index contributed by atoms with van der Waals surface area (Å²) in [6, 6.07) is 10.9. The van der Waals surface area contributed by atoms with E-state index in [9.17, 15) is 0 Å². The molecule has 6 heteroatoms. The van der Waals surface area contributed by atoms with Crippen molar-refractivity contribution in [1.29, 1.82) is 0 Å². The summed E-state index contributed by atoms with van der Waals surface area (Å²) in [6.07, 6.45) is 7.69. The van der Waals surface area contributed by atoms with Gasteiger partial charge < -0.3 is 20.3 Å². The van der Waals surface area contributed by atoms with Gasteiger partial charge in [0.1, 0.15) is 5.82 Å². The van der Waals surface area contributed by atoms with Crippen LogP contribution in [-0.2, 0) is 4.74 Å².